The number of thiophene rings is 1. The third-order valence-electron chi connectivity index (χ3n) is 6.32. The number of nitrogens with zero attached hydrogens (tertiary/aromatic N) is 2. The Hall–Kier alpha value is -4.39. The Bertz CT molecular complexity index is 1560. The highest BCUT2D eigenvalue weighted by molar-refractivity contribution is 7.16. The number of rotatable bonds is 6. The molecular weight excluding hydrogens is 466 g/mol. The van der Waals surface area contributed by atoms with E-state index in [1.54, 1.807) is 12.1 Å². The summed E-state index contributed by atoms with van der Waals surface area (Å²) in [5, 5.41) is 25.0. The molecule has 1 heterocycles. The summed E-state index contributed by atoms with van der Waals surface area (Å²) in [5.74, 6) is 0.127. The number of carbonyl (C=O) groups excluding carboxylic acids is 1. The van der Waals surface area contributed by atoms with E-state index in [0.717, 1.165) is 52.5 Å². The van der Waals surface area contributed by atoms with Gasteiger partial charge in [-0.05, 0) is 71.4 Å². The molecule has 4 aromatic rings. The van der Waals surface area contributed by atoms with Gasteiger partial charge in [0.25, 0.3) is 5.91 Å². The van der Waals surface area contributed by atoms with E-state index in [9.17, 15) is 15.3 Å². The maximum absolute atomic E-state index is 12.9. The van der Waals surface area contributed by atoms with Crippen LogP contribution < -0.4 is 10.1 Å². The van der Waals surface area contributed by atoms with E-state index >= 15 is 0 Å². The second kappa shape index (κ2) is 10.5. The van der Waals surface area contributed by atoms with Gasteiger partial charge in [-0.3, -0.25) is 4.79 Å². The van der Waals surface area contributed by atoms with Crippen LogP contribution in [0.1, 0.15) is 40.0 Å². The SMILES string of the molecule is N#C/C(=C\c1cccc(OCc2cccc3ccccc23)c1)C(=O)Nc1sc2c(c1C#N)CCCC2. The van der Waals surface area contributed by atoms with Gasteiger partial charge in [-0.2, -0.15) is 10.5 Å². The smallest absolute Gasteiger partial charge is 0.266 e. The molecule has 176 valence electrons. The van der Waals surface area contributed by atoms with E-state index in [2.05, 4.69) is 29.6 Å². The van der Waals surface area contributed by atoms with Gasteiger partial charge in [0, 0.05) is 4.88 Å². The summed E-state index contributed by atoms with van der Waals surface area (Å²) in [4.78, 5) is 14.1. The molecule has 0 unspecified atom stereocenters. The number of hydrogen-bond acceptors (Lipinski definition) is 5. The van der Waals surface area contributed by atoms with Gasteiger partial charge in [0.1, 0.15) is 35.1 Å². The van der Waals surface area contributed by atoms with Crippen molar-refractivity contribution in [1.82, 2.24) is 0 Å². The van der Waals surface area contributed by atoms with Crippen molar-refractivity contribution < 1.29 is 9.53 Å². The lowest BCUT2D eigenvalue weighted by atomic mass is 9.96. The predicted molar refractivity (Wildman–Crippen MR) is 143 cm³/mol. The van der Waals surface area contributed by atoms with Crippen molar-refractivity contribution in [2.45, 2.75) is 32.3 Å². The van der Waals surface area contributed by atoms with Gasteiger partial charge < -0.3 is 10.1 Å². The van der Waals surface area contributed by atoms with Gasteiger partial charge in [-0.25, -0.2) is 0 Å². The van der Waals surface area contributed by atoms with Crippen molar-refractivity contribution in [3.05, 3.63) is 99.4 Å². The van der Waals surface area contributed by atoms with Crippen LogP contribution in [-0.4, -0.2) is 5.91 Å². The van der Waals surface area contributed by atoms with Crippen LogP contribution in [0.15, 0.2) is 72.3 Å². The van der Waals surface area contributed by atoms with Crippen molar-refractivity contribution in [3.8, 4) is 17.9 Å². The van der Waals surface area contributed by atoms with Gasteiger partial charge in [-0.15, -0.1) is 11.3 Å². The number of benzene rings is 3. The van der Waals surface area contributed by atoms with Crippen LogP contribution in [0, 0.1) is 22.7 Å². The molecule has 1 amide bonds. The number of ether oxygens (including phenoxy) is 1. The molecule has 1 aromatic heterocycles. The van der Waals surface area contributed by atoms with E-state index in [1.807, 2.05) is 48.5 Å². The highest BCUT2D eigenvalue weighted by Crippen LogP contribution is 2.37. The van der Waals surface area contributed by atoms with Crippen LogP contribution in [0.5, 0.6) is 5.75 Å². The quantitative estimate of drug-likeness (QED) is 0.239. The third kappa shape index (κ3) is 4.86. The number of anilines is 1. The zero-order chi connectivity index (χ0) is 24.9. The Morgan fingerprint density at radius 1 is 1.03 bits per heavy atom. The third-order valence-corrected chi connectivity index (χ3v) is 7.53. The monoisotopic (exact) mass is 489 g/mol. The fraction of sp³-hybridized carbons (Fsp3) is 0.167. The Labute approximate surface area is 213 Å². The molecule has 5 rings (SSSR count). The topological polar surface area (TPSA) is 85.9 Å². The van der Waals surface area contributed by atoms with Crippen molar-refractivity contribution in [1.29, 1.82) is 10.5 Å². The normalized spacial score (nSPS) is 12.9. The van der Waals surface area contributed by atoms with Crippen LogP contribution >= 0.6 is 11.3 Å². The second-order valence-corrected chi connectivity index (χ2v) is 9.76. The molecule has 0 fully saturated rings. The van der Waals surface area contributed by atoms with Crippen molar-refractivity contribution in [2.24, 2.45) is 0 Å². The number of carbonyl (C=O) groups is 1. The molecule has 3 aromatic carbocycles. The summed E-state index contributed by atoms with van der Waals surface area (Å²) < 4.78 is 6.04. The van der Waals surface area contributed by atoms with Gasteiger partial charge in [-0.1, -0.05) is 54.6 Å². The molecule has 36 heavy (non-hydrogen) atoms. The molecule has 0 bridgehead atoms. The highest BCUT2D eigenvalue weighted by atomic mass is 32.1. The number of hydrogen-bond donors (Lipinski definition) is 1. The summed E-state index contributed by atoms with van der Waals surface area (Å²) in [6.45, 7) is 0.403. The molecule has 0 radical (unpaired) electrons. The summed E-state index contributed by atoms with van der Waals surface area (Å²) in [7, 11) is 0. The van der Waals surface area contributed by atoms with E-state index in [4.69, 9.17) is 4.74 Å². The lowest BCUT2D eigenvalue weighted by molar-refractivity contribution is -0.112. The maximum Gasteiger partial charge on any atom is 0.266 e. The minimum absolute atomic E-state index is 0.0311. The molecule has 0 saturated carbocycles. The number of aryl methyl sites for hydroxylation is 1. The molecule has 0 saturated heterocycles. The van der Waals surface area contributed by atoms with Crippen molar-refractivity contribution in [3.63, 3.8) is 0 Å². The van der Waals surface area contributed by atoms with Crippen LogP contribution in [-0.2, 0) is 24.2 Å². The van der Waals surface area contributed by atoms with Crippen LogP contribution in [0.3, 0.4) is 0 Å². The number of fused-ring (bicyclic) bond motifs is 2. The first-order valence-electron chi connectivity index (χ1n) is 11.8. The summed E-state index contributed by atoms with van der Waals surface area (Å²) >= 11 is 1.45. The van der Waals surface area contributed by atoms with Gasteiger partial charge in [0.15, 0.2) is 0 Å². The van der Waals surface area contributed by atoms with Crippen LogP contribution in [0.4, 0.5) is 5.00 Å². The molecule has 0 spiro atoms. The van der Waals surface area contributed by atoms with E-state index in [-0.39, 0.29) is 5.57 Å². The number of nitriles is 2. The average molecular weight is 490 g/mol. The zero-order valence-corrected chi connectivity index (χ0v) is 20.4. The minimum Gasteiger partial charge on any atom is -0.489 e. The molecule has 5 nitrogen and oxygen atoms in total. The summed E-state index contributed by atoms with van der Waals surface area (Å²) in [6, 6.07) is 25.8. The molecule has 0 atom stereocenters. The number of nitrogens with one attached hydrogen (secondary N) is 1. The largest absolute Gasteiger partial charge is 0.489 e. The first kappa shape index (κ1) is 23.4. The molecule has 1 aliphatic carbocycles. The lowest BCUT2D eigenvalue weighted by Gasteiger charge is -2.10. The summed E-state index contributed by atoms with van der Waals surface area (Å²) in [6.07, 6.45) is 5.47. The fourth-order valence-electron chi connectivity index (χ4n) is 4.53. The van der Waals surface area contributed by atoms with E-state index < -0.39 is 5.91 Å². The van der Waals surface area contributed by atoms with E-state index in [0.29, 0.717) is 28.5 Å². The molecule has 6 heteroatoms. The van der Waals surface area contributed by atoms with Crippen molar-refractivity contribution in [2.75, 3.05) is 5.32 Å². The fourth-order valence-corrected chi connectivity index (χ4v) is 5.77. The Morgan fingerprint density at radius 3 is 2.69 bits per heavy atom. The van der Waals surface area contributed by atoms with Gasteiger partial charge in [0.05, 0.1) is 5.56 Å². The van der Waals surface area contributed by atoms with Crippen LogP contribution in [0.25, 0.3) is 16.8 Å². The Kier molecular flexibility index (Phi) is 6.80. The second-order valence-electron chi connectivity index (χ2n) is 8.65. The molecule has 1 N–H and O–H groups in total. The number of amides is 1. The molecular formula is C30H23N3O2S. The summed E-state index contributed by atoms with van der Waals surface area (Å²) in [5.41, 5.74) is 3.31. The maximum atomic E-state index is 12.9. The Morgan fingerprint density at radius 2 is 1.83 bits per heavy atom. The molecule has 1 aliphatic rings. The first-order chi connectivity index (χ1) is 17.7. The zero-order valence-electron chi connectivity index (χ0n) is 19.6. The lowest BCUT2D eigenvalue weighted by Crippen LogP contribution is -2.13. The first-order valence-corrected chi connectivity index (χ1v) is 12.6. The molecule has 0 aliphatic heterocycles. The van der Waals surface area contributed by atoms with Crippen LogP contribution in [0.2, 0.25) is 0 Å². The van der Waals surface area contributed by atoms with Gasteiger partial charge >= 0.3 is 0 Å². The van der Waals surface area contributed by atoms with Crippen molar-refractivity contribution >= 4 is 39.1 Å². The highest BCUT2D eigenvalue weighted by Gasteiger charge is 2.22. The average Bonchev–Trinajstić information content (AvgIpc) is 3.27. The Balaban J connectivity index is 1.32. The van der Waals surface area contributed by atoms with E-state index in [1.165, 1.54) is 11.3 Å². The minimum atomic E-state index is -0.519. The van der Waals surface area contributed by atoms with Gasteiger partial charge in [0.2, 0.25) is 0 Å². The standard InChI is InChI=1S/C30H23N3O2S/c31-17-23(29(34)33-30-27(18-32)26-13-3-4-14-28(26)36-30)15-20-7-5-11-24(16-20)35-19-22-10-6-9-21-8-1-2-12-25(21)22/h1-2,5-12,15-16H,3-4,13-14,19H2,(H,33,34)/b23-15+. The predicted octanol–water partition coefficient (Wildman–Crippen LogP) is 6.78.